The van der Waals surface area contributed by atoms with E-state index in [9.17, 15) is 14.7 Å². The third-order valence-electron chi connectivity index (χ3n) is 8.65. The van der Waals surface area contributed by atoms with E-state index in [4.69, 9.17) is 14.2 Å². The first-order chi connectivity index (χ1) is 20.3. The van der Waals surface area contributed by atoms with E-state index in [0.29, 0.717) is 18.1 Å². The highest BCUT2D eigenvalue weighted by molar-refractivity contribution is 5.94. The predicted octanol–water partition coefficient (Wildman–Crippen LogP) is 5.40. The highest BCUT2D eigenvalue weighted by Gasteiger charge is 2.49. The summed E-state index contributed by atoms with van der Waals surface area (Å²) in [6.45, 7) is 6.83. The minimum Gasteiger partial charge on any atom is -0.493 e. The number of amides is 1. The molecule has 1 amide bonds. The Morgan fingerprint density at radius 2 is 1.71 bits per heavy atom. The van der Waals surface area contributed by atoms with Gasteiger partial charge in [0.05, 0.1) is 19.1 Å². The van der Waals surface area contributed by atoms with Crippen molar-refractivity contribution >= 4 is 17.6 Å². The summed E-state index contributed by atoms with van der Waals surface area (Å²) in [6, 6.07) is 12.0. The van der Waals surface area contributed by atoms with Crippen LogP contribution >= 0.6 is 0 Å². The number of likely N-dealkylation sites (tertiary alicyclic amines) is 1. The number of carboxylic acid groups (broad SMARTS) is 1. The fraction of sp³-hybridized carbons (Fsp3) is 0.394. The number of hydrogen-bond acceptors (Lipinski definition) is 6. The van der Waals surface area contributed by atoms with Gasteiger partial charge in [-0.05, 0) is 59.7 Å². The first-order valence-electron chi connectivity index (χ1n) is 14.5. The smallest absolute Gasteiger partial charge is 0.309 e. The van der Waals surface area contributed by atoms with Crippen molar-refractivity contribution in [2.24, 2.45) is 5.92 Å². The summed E-state index contributed by atoms with van der Waals surface area (Å²) in [5.74, 6) is -2.12. The first-order valence-corrected chi connectivity index (χ1v) is 14.5. The molecule has 0 saturated carbocycles. The van der Waals surface area contributed by atoms with Gasteiger partial charge in [0.2, 0.25) is 12.7 Å². The Labute approximate surface area is 244 Å². The second kappa shape index (κ2) is 11.3. The minimum absolute atomic E-state index is 0.0180. The lowest BCUT2D eigenvalue weighted by molar-refractivity contribution is -0.143. The van der Waals surface area contributed by atoms with Gasteiger partial charge in [-0.2, -0.15) is 0 Å². The molecule has 3 heterocycles. The molecular weight excluding hydrogens is 539 g/mol. The van der Waals surface area contributed by atoms with Crippen molar-refractivity contribution < 1.29 is 33.3 Å². The predicted molar refractivity (Wildman–Crippen MR) is 155 cm³/mol. The lowest BCUT2D eigenvalue weighted by atomic mass is 9.82. The first kappa shape index (κ1) is 28.0. The Hall–Kier alpha value is -4.11. The number of anilines is 1. The molecule has 0 aliphatic carbocycles. The van der Waals surface area contributed by atoms with Crippen LogP contribution in [-0.2, 0) is 28.9 Å². The Morgan fingerprint density at radius 1 is 1.00 bits per heavy atom. The van der Waals surface area contributed by atoms with Crippen molar-refractivity contribution in [1.82, 2.24) is 4.90 Å². The third kappa shape index (κ3) is 5.06. The molecule has 1 saturated heterocycles. The molecule has 1 fully saturated rings. The number of benzene rings is 3. The molecule has 3 aliphatic heterocycles. The van der Waals surface area contributed by atoms with E-state index in [2.05, 4.69) is 31.3 Å². The molecule has 1 unspecified atom stereocenters. The van der Waals surface area contributed by atoms with Crippen LogP contribution in [0.4, 0.5) is 10.1 Å². The number of carboxylic acids is 1. The molecule has 8 nitrogen and oxygen atoms in total. The molecule has 9 heteroatoms. The molecule has 0 bridgehead atoms. The maximum Gasteiger partial charge on any atom is 0.309 e. The van der Waals surface area contributed by atoms with E-state index < -0.39 is 29.7 Å². The van der Waals surface area contributed by atoms with Crippen LogP contribution in [0.25, 0.3) is 0 Å². The zero-order chi connectivity index (χ0) is 29.5. The molecule has 0 radical (unpaired) electrons. The van der Waals surface area contributed by atoms with Gasteiger partial charge in [0.15, 0.2) is 11.5 Å². The zero-order valence-electron chi connectivity index (χ0n) is 24.0. The van der Waals surface area contributed by atoms with Crippen LogP contribution < -0.4 is 19.5 Å². The van der Waals surface area contributed by atoms with Gasteiger partial charge in [-0.25, -0.2) is 4.39 Å². The van der Waals surface area contributed by atoms with E-state index in [1.165, 1.54) is 6.07 Å². The zero-order valence-corrected chi connectivity index (χ0v) is 24.0. The van der Waals surface area contributed by atoms with Crippen LogP contribution in [0.15, 0.2) is 42.5 Å². The van der Waals surface area contributed by atoms with Crippen LogP contribution in [0.3, 0.4) is 0 Å². The Balaban J connectivity index is 1.37. The van der Waals surface area contributed by atoms with Gasteiger partial charge < -0.3 is 24.6 Å². The van der Waals surface area contributed by atoms with Crippen molar-refractivity contribution in [1.29, 1.82) is 0 Å². The SMILES string of the molecule is CCc1cc(C)cc(CC)c1NC(=O)CN1C[C@H](c2cc3c(cc2F)OCO3)C(C(=O)O)[C@@H]1c1ccc2c(c1)CCO2. The number of aryl methyl sites for hydroxylation is 3. The minimum atomic E-state index is -1.05. The number of aliphatic carboxylic acids is 1. The molecule has 2 N–H and O–H groups in total. The standard InChI is InChI=1S/C33H35FN2O6/c1-4-19-10-18(3)11-20(5-2)31(19)35-29(37)16-36-15-24(23-13-27-28(14-25(23)34)42-17-41-27)30(33(38)39)32(36)22-6-7-26-21(12-22)8-9-40-26/h6-7,10-14,24,30,32H,4-5,8-9,15-17H2,1-3H3,(H,35,37)(H,38,39)/t24-,30?,32+/m1/s1. The topological polar surface area (TPSA) is 97.3 Å². The summed E-state index contributed by atoms with van der Waals surface area (Å²) in [6.07, 6.45) is 2.25. The van der Waals surface area contributed by atoms with Gasteiger partial charge in [0.25, 0.3) is 0 Å². The quantitative estimate of drug-likeness (QED) is 0.372. The van der Waals surface area contributed by atoms with Crippen molar-refractivity contribution in [3.63, 3.8) is 0 Å². The van der Waals surface area contributed by atoms with Gasteiger partial charge in [-0.1, -0.05) is 43.7 Å². The molecule has 3 aromatic rings. The van der Waals surface area contributed by atoms with E-state index in [0.717, 1.165) is 58.5 Å². The lowest BCUT2D eigenvalue weighted by Gasteiger charge is -2.27. The monoisotopic (exact) mass is 574 g/mol. The van der Waals surface area contributed by atoms with Gasteiger partial charge in [0.1, 0.15) is 11.6 Å². The molecule has 3 aliphatic rings. The molecule has 42 heavy (non-hydrogen) atoms. The average molecular weight is 575 g/mol. The molecule has 220 valence electrons. The number of halogens is 1. The Morgan fingerprint density at radius 3 is 2.40 bits per heavy atom. The number of nitrogens with zero attached hydrogens (tertiary/aromatic N) is 1. The summed E-state index contributed by atoms with van der Waals surface area (Å²) < 4.78 is 32.0. The van der Waals surface area contributed by atoms with Crippen LogP contribution in [-0.4, -0.2) is 48.4 Å². The largest absolute Gasteiger partial charge is 0.493 e. The molecule has 6 rings (SSSR count). The molecule has 0 spiro atoms. The number of ether oxygens (including phenoxy) is 3. The second-order valence-corrected chi connectivity index (χ2v) is 11.3. The van der Waals surface area contributed by atoms with Gasteiger partial charge in [-0.15, -0.1) is 0 Å². The van der Waals surface area contributed by atoms with E-state index in [1.54, 1.807) is 6.07 Å². The number of carbonyl (C=O) groups is 2. The van der Waals surface area contributed by atoms with Crippen molar-refractivity contribution in [2.75, 3.05) is 31.8 Å². The normalized spacial score (nSPS) is 20.8. The van der Waals surface area contributed by atoms with Crippen molar-refractivity contribution in [2.45, 2.75) is 52.0 Å². The van der Waals surface area contributed by atoms with E-state index >= 15 is 4.39 Å². The number of rotatable bonds is 8. The summed E-state index contributed by atoms with van der Waals surface area (Å²) >= 11 is 0. The molecule has 0 aromatic heterocycles. The van der Waals surface area contributed by atoms with Gasteiger partial charge >= 0.3 is 5.97 Å². The maximum absolute atomic E-state index is 15.5. The summed E-state index contributed by atoms with van der Waals surface area (Å²) in [5.41, 5.74) is 6.07. The van der Waals surface area contributed by atoms with Gasteiger partial charge in [0, 0.05) is 36.7 Å². The average Bonchev–Trinajstić information content (AvgIpc) is 3.70. The molecular formula is C33H35FN2O6. The van der Waals surface area contributed by atoms with E-state index in [-0.39, 0.29) is 31.4 Å². The van der Waals surface area contributed by atoms with Crippen LogP contribution in [0.2, 0.25) is 0 Å². The fourth-order valence-electron chi connectivity index (χ4n) is 6.74. The van der Waals surface area contributed by atoms with Crippen LogP contribution in [0, 0.1) is 18.7 Å². The van der Waals surface area contributed by atoms with Gasteiger partial charge in [-0.3, -0.25) is 14.5 Å². The molecule has 3 atom stereocenters. The van der Waals surface area contributed by atoms with Crippen LogP contribution in [0.1, 0.15) is 59.2 Å². The number of hydrogen-bond donors (Lipinski definition) is 2. The summed E-state index contributed by atoms with van der Waals surface area (Å²) in [5, 5.41) is 13.7. The van der Waals surface area contributed by atoms with Crippen LogP contribution in [0.5, 0.6) is 17.2 Å². The number of carbonyl (C=O) groups excluding carboxylic acids is 1. The lowest BCUT2D eigenvalue weighted by Crippen LogP contribution is -2.35. The Bertz CT molecular complexity index is 1530. The van der Waals surface area contributed by atoms with Crippen molar-refractivity contribution in [3.05, 3.63) is 81.7 Å². The Kier molecular flexibility index (Phi) is 7.53. The highest BCUT2D eigenvalue weighted by atomic mass is 19.1. The summed E-state index contributed by atoms with van der Waals surface area (Å²) in [4.78, 5) is 28.5. The fourth-order valence-corrected chi connectivity index (χ4v) is 6.74. The number of fused-ring (bicyclic) bond motifs is 2. The second-order valence-electron chi connectivity index (χ2n) is 11.3. The number of nitrogens with one attached hydrogen (secondary N) is 1. The molecule has 3 aromatic carbocycles. The van der Waals surface area contributed by atoms with E-state index in [1.807, 2.05) is 30.0 Å². The summed E-state index contributed by atoms with van der Waals surface area (Å²) in [7, 11) is 0. The maximum atomic E-state index is 15.5. The third-order valence-corrected chi connectivity index (χ3v) is 8.65. The van der Waals surface area contributed by atoms with Crippen molar-refractivity contribution in [3.8, 4) is 17.2 Å². The highest BCUT2D eigenvalue weighted by Crippen LogP contribution is 2.49.